The van der Waals surface area contributed by atoms with E-state index in [2.05, 4.69) is 19.5 Å². The van der Waals surface area contributed by atoms with Crippen LogP contribution in [-0.4, -0.2) is 59.3 Å². The minimum absolute atomic E-state index is 0.0699. The first-order valence-corrected chi connectivity index (χ1v) is 16.6. The number of anilines is 2. The number of esters is 1. The van der Waals surface area contributed by atoms with Crippen LogP contribution >= 0.6 is 32.4 Å². The highest BCUT2D eigenvalue weighted by Crippen LogP contribution is 2.57. The van der Waals surface area contributed by atoms with Gasteiger partial charge in [0.1, 0.15) is 28.1 Å². The van der Waals surface area contributed by atoms with Gasteiger partial charge in [0.15, 0.2) is 0 Å². The molecule has 13 heteroatoms. The summed E-state index contributed by atoms with van der Waals surface area (Å²) >= 11 is 12.4. The molecule has 3 aromatic carbocycles. The van der Waals surface area contributed by atoms with Crippen LogP contribution in [0, 0.1) is 5.82 Å². The number of rotatable bonds is 12. The Hall–Kier alpha value is -4.08. The molecule has 1 aromatic heterocycles. The second kappa shape index (κ2) is 15.0. The van der Waals surface area contributed by atoms with E-state index in [-0.39, 0.29) is 34.7 Å². The number of carbonyl (C=O) groups is 3. The van der Waals surface area contributed by atoms with Gasteiger partial charge < -0.3 is 19.7 Å². The van der Waals surface area contributed by atoms with Crippen molar-refractivity contribution in [1.82, 2.24) is 9.88 Å². The van der Waals surface area contributed by atoms with Crippen molar-refractivity contribution < 1.29 is 28.2 Å². The number of carbonyl (C=O) groups excluding carboxylic acids is 3. The summed E-state index contributed by atoms with van der Waals surface area (Å²) in [6.07, 6.45) is 0. The lowest BCUT2D eigenvalue weighted by molar-refractivity contribution is -0.127. The average molecular weight is 712 g/mol. The maximum atomic E-state index is 16.0. The highest BCUT2D eigenvalue weighted by Gasteiger charge is 2.72. The largest absolute Gasteiger partial charge is 0.494 e. The zero-order valence-electron chi connectivity index (χ0n) is 26.5. The summed E-state index contributed by atoms with van der Waals surface area (Å²) < 4.78 is 26.8. The van der Waals surface area contributed by atoms with E-state index in [0.717, 1.165) is 5.56 Å². The topological polar surface area (TPSA) is 101 Å². The van der Waals surface area contributed by atoms with Crippen molar-refractivity contribution in [3.63, 3.8) is 0 Å². The summed E-state index contributed by atoms with van der Waals surface area (Å²) in [6, 6.07) is 22.8. The third kappa shape index (κ3) is 7.03. The van der Waals surface area contributed by atoms with E-state index in [9.17, 15) is 14.4 Å². The molecule has 1 aliphatic rings. The molecule has 1 N–H and O–H groups in total. The monoisotopic (exact) mass is 710 g/mol. The van der Waals surface area contributed by atoms with Crippen LogP contribution in [0.1, 0.15) is 41.3 Å². The van der Waals surface area contributed by atoms with E-state index in [1.54, 1.807) is 56.4 Å². The maximum absolute atomic E-state index is 16.0. The lowest BCUT2D eigenvalue weighted by Crippen LogP contribution is -2.50. The quantitative estimate of drug-likeness (QED) is 0.0736. The van der Waals surface area contributed by atoms with Crippen LogP contribution in [0.2, 0.25) is 10.2 Å². The molecule has 1 fully saturated rings. The van der Waals surface area contributed by atoms with Gasteiger partial charge in [-0.2, -0.15) is 0 Å². The molecule has 2 unspecified atom stereocenters. The molecule has 0 saturated carbocycles. The molecule has 0 aliphatic carbocycles. The van der Waals surface area contributed by atoms with Gasteiger partial charge in [-0.05, 0) is 74.0 Å². The van der Waals surface area contributed by atoms with Crippen molar-refractivity contribution in [2.75, 3.05) is 30.5 Å². The maximum Gasteiger partial charge on any atom is 0.338 e. The van der Waals surface area contributed by atoms with Crippen LogP contribution in [0.3, 0.4) is 0 Å². The molecule has 4 aromatic rings. The van der Waals surface area contributed by atoms with Crippen LogP contribution in [0.15, 0.2) is 84.9 Å². The van der Waals surface area contributed by atoms with E-state index < -0.39 is 40.8 Å². The molecule has 48 heavy (non-hydrogen) atoms. The highest BCUT2D eigenvalue weighted by atomic mass is 35.5. The fourth-order valence-electron chi connectivity index (χ4n) is 5.84. The van der Waals surface area contributed by atoms with Crippen molar-refractivity contribution in [2.45, 2.75) is 37.6 Å². The molecule has 1 aliphatic heterocycles. The molecule has 5 rings (SSSR count). The summed E-state index contributed by atoms with van der Waals surface area (Å²) in [5.41, 5.74) is -0.132. The second-order valence-corrected chi connectivity index (χ2v) is 12.4. The van der Waals surface area contributed by atoms with E-state index in [1.165, 1.54) is 23.1 Å². The van der Waals surface area contributed by atoms with Crippen LogP contribution in [0.5, 0.6) is 5.75 Å². The van der Waals surface area contributed by atoms with E-state index >= 15 is 4.39 Å². The summed E-state index contributed by atoms with van der Waals surface area (Å²) in [6.45, 7) is 4.50. The fraction of sp³-hybridized carbons (Fsp3) is 0.257. The van der Waals surface area contributed by atoms with Crippen molar-refractivity contribution in [1.29, 1.82) is 0 Å². The van der Waals surface area contributed by atoms with Gasteiger partial charge >= 0.3 is 5.97 Å². The predicted molar refractivity (Wildman–Crippen MR) is 187 cm³/mol. The minimum atomic E-state index is -1.63. The molecule has 9 nitrogen and oxygen atoms in total. The number of benzene rings is 3. The molecule has 0 spiro atoms. The Bertz CT molecular complexity index is 1830. The number of amides is 2. The van der Waals surface area contributed by atoms with Crippen molar-refractivity contribution >= 4 is 61.7 Å². The molecule has 5 atom stereocenters. The van der Waals surface area contributed by atoms with E-state index in [0.29, 0.717) is 23.6 Å². The van der Waals surface area contributed by atoms with Crippen LogP contribution < -0.4 is 15.0 Å². The molecular formula is C35H34Cl2FN4O5P. The van der Waals surface area contributed by atoms with Gasteiger partial charge in [-0.25, -0.2) is 14.2 Å². The van der Waals surface area contributed by atoms with Gasteiger partial charge in [0.25, 0.3) is 0 Å². The fourth-order valence-corrected chi connectivity index (χ4v) is 6.98. The van der Waals surface area contributed by atoms with Crippen LogP contribution in [0.25, 0.3) is 0 Å². The van der Waals surface area contributed by atoms with Gasteiger partial charge in [-0.1, -0.05) is 53.5 Å². The number of halogens is 3. The third-order valence-electron chi connectivity index (χ3n) is 8.13. The smallest absolute Gasteiger partial charge is 0.338 e. The first-order chi connectivity index (χ1) is 23.0. The Balaban J connectivity index is 1.63. The number of nitrogens with zero attached hydrogens (tertiary/aromatic N) is 3. The summed E-state index contributed by atoms with van der Waals surface area (Å²) in [7, 11) is 4.22. The summed E-state index contributed by atoms with van der Waals surface area (Å²) in [5.74, 6) is -3.78. The van der Waals surface area contributed by atoms with Crippen LogP contribution in [-0.2, 0) is 20.9 Å². The zero-order chi connectivity index (χ0) is 34.6. The zero-order valence-corrected chi connectivity index (χ0v) is 29.1. The SMILES string of the molecule is CCOC(=O)c1ccc(N(C)C(=O)[C@]2([C@@H](C(=O)Nc3cccc(Cl)n3)c3cccc(Cl)c3F)[C@@H](P)N2Cc2cccc(OCC)c2)cc1. The molecule has 2 amide bonds. The minimum Gasteiger partial charge on any atom is -0.494 e. The Labute approximate surface area is 290 Å². The summed E-state index contributed by atoms with van der Waals surface area (Å²) in [4.78, 5) is 49.0. The first kappa shape index (κ1) is 35.2. The van der Waals surface area contributed by atoms with Crippen molar-refractivity contribution in [2.24, 2.45) is 0 Å². The number of ether oxygens (including phenoxy) is 2. The van der Waals surface area contributed by atoms with Crippen molar-refractivity contribution in [3.05, 3.63) is 118 Å². The molecule has 1 saturated heterocycles. The number of likely N-dealkylation sites (N-methyl/N-ethyl adjacent to an activating group) is 1. The molecule has 250 valence electrons. The Kier molecular flexibility index (Phi) is 11.0. The number of aromatic nitrogens is 1. The number of nitrogens with one attached hydrogen (secondary N) is 1. The van der Waals surface area contributed by atoms with Gasteiger partial charge in [0.2, 0.25) is 11.8 Å². The van der Waals surface area contributed by atoms with Gasteiger partial charge in [-0.3, -0.25) is 14.5 Å². The molecular weight excluding hydrogens is 677 g/mol. The van der Waals surface area contributed by atoms with Gasteiger partial charge in [0, 0.05) is 24.8 Å². The molecule has 0 radical (unpaired) electrons. The normalized spacial score (nSPS) is 18.8. The average Bonchev–Trinajstić information content (AvgIpc) is 3.64. The van der Waals surface area contributed by atoms with Gasteiger partial charge in [-0.15, -0.1) is 9.24 Å². The lowest BCUT2D eigenvalue weighted by Gasteiger charge is -2.31. The van der Waals surface area contributed by atoms with E-state index in [4.69, 9.17) is 32.7 Å². The number of hydrogen-bond donors (Lipinski definition) is 1. The Morgan fingerprint density at radius 3 is 2.42 bits per heavy atom. The van der Waals surface area contributed by atoms with Crippen LogP contribution in [0.4, 0.5) is 15.9 Å². The highest BCUT2D eigenvalue weighted by molar-refractivity contribution is 7.18. The Morgan fingerprint density at radius 1 is 1.02 bits per heavy atom. The predicted octanol–water partition coefficient (Wildman–Crippen LogP) is 6.94. The number of pyridine rings is 1. The lowest BCUT2D eigenvalue weighted by atomic mass is 9.82. The van der Waals surface area contributed by atoms with E-state index in [1.807, 2.05) is 36.1 Å². The second-order valence-electron chi connectivity index (χ2n) is 11.0. The van der Waals surface area contributed by atoms with Gasteiger partial charge in [0.05, 0.1) is 35.5 Å². The Morgan fingerprint density at radius 2 is 1.73 bits per heavy atom. The number of hydrogen-bond acceptors (Lipinski definition) is 7. The molecule has 0 bridgehead atoms. The molecule has 2 heterocycles. The first-order valence-electron chi connectivity index (χ1n) is 15.2. The standard InChI is InChI=1S/C35H34Cl2FN4O5P/c1-4-46-24-10-6-9-21(19-24)20-42-34(48)35(42,33(45)41(3)23-17-15-22(16-18-23)32(44)47-5-2)29(25-11-7-12-26(36)30(25)38)31(43)40-28-14-8-13-27(37)39-28/h6-19,29,34H,4-5,20,48H2,1-3H3,(H,39,40,43)/t29-,34-,35-,42?/m1/s1. The van der Waals surface area contributed by atoms with Crippen molar-refractivity contribution in [3.8, 4) is 5.75 Å². The third-order valence-corrected chi connectivity index (χ3v) is 9.50. The summed E-state index contributed by atoms with van der Waals surface area (Å²) in [5, 5.41) is 2.69.